The van der Waals surface area contributed by atoms with Gasteiger partial charge in [0.25, 0.3) is 5.56 Å². The monoisotopic (exact) mass is 503 g/mol. The summed E-state index contributed by atoms with van der Waals surface area (Å²) >= 11 is 1.13. The quantitative estimate of drug-likeness (QED) is 0.513. The predicted octanol–water partition coefficient (Wildman–Crippen LogP) is 2.31. The van der Waals surface area contributed by atoms with Gasteiger partial charge in [0.2, 0.25) is 0 Å². The van der Waals surface area contributed by atoms with E-state index in [4.69, 9.17) is 19.9 Å². The number of aromatic nitrogens is 1. The molecule has 1 aliphatic heterocycles. The molecule has 9 heteroatoms. The molecule has 184 valence electrons. The van der Waals surface area contributed by atoms with Gasteiger partial charge < -0.3 is 19.9 Å². The van der Waals surface area contributed by atoms with Crippen LogP contribution in [0.25, 0.3) is 17.5 Å². The van der Waals surface area contributed by atoms with Crippen LogP contribution in [0.2, 0.25) is 0 Å². The molecular formula is C27H25N3O5S. The zero-order valence-corrected chi connectivity index (χ0v) is 21.1. The molecular weight excluding hydrogens is 478 g/mol. The molecule has 0 bridgehead atoms. The second-order valence-electron chi connectivity index (χ2n) is 8.31. The largest absolute Gasteiger partial charge is 0.497 e. The Balaban J connectivity index is 2.03. The first kappa shape index (κ1) is 24.8. The second-order valence-corrected chi connectivity index (χ2v) is 9.34. The summed E-state index contributed by atoms with van der Waals surface area (Å²) in [6, 6.07) is 16.4. The fourth-order valence-corrected chi connectivity index (χ4v) is 5.17. The van der Waals surface area contributed by atoms with E-state index in [1.165, 1.54) is 4.57 Å². The molecule has 0 spiro atoms. The smallest absolute Gasteiger partial charge is 0.338 e. The first-order chi connectivity index (χ1) is 17.3. The highest BCUT2D eigenvalue weighted by Crippen LogP contribution is 2.37. The van der Waals surface area contributed by atoms with Crippen molar-refractivity contribution in [3.05, 3.63) is 84.8 Å². The summed E-state index contributed by atoms with van der Waals surface area (Å²) in [5.74, 6) is -0.114. The summed E-state index contributed by atoms with van der Waals surface area (Å²) in [6.45, 7) is 3.48. The number of fused-ring (bicyclic) bond motifs is 1. The highest BCUT2D eigenvalue weighted by molar-refractivity contribution is 7.07. The molecule has 1 aliphatic rings. The molecule has 2 N–H and O–H groups in total. The zero-order valence-electron chi connectivity index (χ0n) is 20.3. The highest BCUT2D eigenvalue weighted by atomic mass is 32.1. The number of benzene rings is 2. The Morgan fingerprint density at radius 2 is 1.67 bits per heavy atom. The molecule has 2 aromatic carbocycles. The SMILES string of the molecule is COc1ccc(/C=c2\sc3n(c2=O)C(N)=C(C#N)C(c2ccc(OC)cc2)C=3C(=O)OC(C)C)cc1. The molecule has 1 unspecified atom stereocenters. The lowest BCUT2D eigenvalue weighted by molar-refractivity contribution is -0.140. The molecule has 1 atom stereocenters. The van der Waals surface area contributed by atoms with E-state index in [1.54, 1.807) is 70.5 Å². The number of nitriles is 1. The van der Waals surface area contributed by atoms with Crippen LogP contribution in [0.3, 0.4) is 0 Å². The fourth-order valence-electron chi connectivity index (χ4n) is 4.00. The van der Waals surface area contributed by atoms with E-state index in [0.717, 1.165) is 16.9 Å². The Bertz CT molecular complexity index is 1560. The first-order valence-corrected chi connectivity index (χ1v) is 12.0. The molecule has 4 rings (SSSR count). The maximum absolute atomic E-state index is 13.4. The van der Waals surface area contributed by atoms with Crippen molar-refractivity contribution in [3.8, 4) is 17.6 Å². The molecule has 0 amide bonds. The number of allylic oxidation sites excluding steroid dienone is 1. The number of nitrogens with zero attached hydrogens (tertiary/aromatic N) is 2. The maximum atomic E-state index is 13.4. The average Bonchev–Trinajstić information content (AvgIpc) is 3.19. The molecule has 0 fully saturated rings. The number of thiazole rings is 1. The number of hydrogen-bond acceptors (Lipinski definition) is 8. The Morgan fingerprint density at radius 1 is 1.08 bits per heavy atom. The third kappa shape index (κ3) is 4.51. The number of carbonyl (C=O) groups is 1. The van der Waals surface area contributed by atoms with E-state index >= 15 is 0 Å². The first-order valence-electron chi connectivity index (χ1n) is 11.2. The Morgan fingerprint density at radius 3 is 2.19 bits per heavy atom. The van der Waals surface area contributed by atoms with E-state index in [0.29, 0.717) is 26.3 Å². The molecule has 0 saturated heterocycles. The van der Waals surface area contributed by atoms with Crippen molar-refractivity contribution in [2.24, 2.45) is 5.73 Å². The Labute approximate surface area is 211 Å². The van der Waals surface area contributed by atoms with E-state index in [9.17, 15) is 14.9 Å². The number of methoxy groups -OCH3 is 2. The lowest BCUT2D eigenvalue weighted by Crippen LogP contribution is -2.40. The van der Waals surface area contributed by atoms with Crippen LogP contribution in [0, 0.1) is 11.3 Å². The lowest BCUT2D eigenvalue weighted by atomic mass is 9.84. The van der Waals surface area contributed by atoms with Gasteiger partial charge in [0.05, 0.1) is 48.0 Å². The van der Waals surface area contributed by atoms with Crippen molar-refractivity contribution >= 4 is 34.8 Å². The van der Waals surface area contributed by atoms with Gasteiger partial charge in [-0.05, 0) is 55.3 Å². The van der Waals surface area contributed by atoms with Crippen LogP contribution < -0.4 is 30.0 Å². The molecule has 36 heavy (non-hydrogen) atoms. The summed E-state index contributed by atoms with van der Waals surface area (Å²) in [5, 5.41) is 10.1. The molecule has 0 radical (unpaired) electrons. The van der Waals surface area contributed by atoms with Gasteiger partial charge in [0, 0.05) is 0 Å². The number of esters is 1. The lowest BCUT2D eigenvalue weighted by Gasteiger charge is -2.25. The van der Waals surface area contributed by atoms with Gasteiger partial charge in [-0.15, -0.1) is 11.3 Å². The van der Waals surface area contributed by atoms with Crippen LogP contribution in [0.1, 0.15) is 30.9 Å². The van der Waals surface area contributed by atoms with Crippen LogP contribution in [0.4, 0.5) is 0 Å². The van der Waals surface area contributed by atoms with Gasteiger partial charge in [-0.1, -0.05) is 24.3 Å². The van der Waals surface area contributed by atoms with Crippen molar-refractivity contribution < 1.29 is 19.0 Å². The summed E-state index contributed by atoms with van der Waals surface area (Å²) in [7, 11) is 3.13. The van der Waals surface area contributed by atoms with E-state index in [-0.39, 0.29) is 17.0 Å². The van der Waals surface area contributed by atoms with Gasteiger partial charge in [-0.3, -0.25) is 9.36 Å². The summed E-state index contributed by atoms with van der Waals surface area (Å²) in [4.78, 5) is 26.8. The van der Waals surface area contributed by atoms with Crippen LogP contribution >= 0.6 is 11.3 Å². The number of hydrogen-bond donors (Lipinski definition) is 1. The van der Waals surface area contributed by atoms with Gasteiger partial charge >= 0.3 is 5.97 Å². The van der Waals surface area contributed by atoms with Gasteiger partial charge in [0.15, 0.2) is 0 Å². The van der Waals surface area contributed by atoms with E-state index < -0.39 is 23.6 Å². The highest BCUT2D eigenvalue weighted by Gasteiger charge is 2.36. The molecule has 3 aromatic rings. The van der Waals surface area contributed by atoms with Gasteiger partial charge in [0.1, 0.15) is 22.0 Å². The minimum Gasteiger partial charge on any atom is -0.497 e. The summed E-state index contributed by atoms with van der Waals surface area (Å²) < 4.78 is 17.9. The van der Waals surface area contributed by atoms with Crippen molar-refractivity contribution in [2.45, 2.75) is 25.9 Å². The van der Waals surface area contributed by atoms with Crippen molar-refractivity contribution in [3.63, 3.8) is 0 Å². The van der Waals surface area contributed by atoms with Gasteiger partial charge in [-0.25, -0.2) is 4.79 Å². The summed E-state index contributed by atoms with van der Waals surface area (Å²) in [5.41, 5.74) is 7.69. The van der Waals surface area contributed by atoms with Crippen LogP contribution in [0.5, 0.6) is 11.5 Å². The summed E-state index contributed by atoms with van der Waals surface area (Å²) in [6.07, 6.45) is 1.31. The van der Waals surface area contributed by atoms with Crippen molar-refractivity contribution in [1.82, 2.24) is 4.57 Å². The number of ether oxygens (including phenoxy) is 3. The van der Waals surface area contributed by atoms with E-state index in [1.807, 2.05) is 12.1 Å². The number of nitrogens with two attached hydrogens (primary N) is 1. The molecule has 1 aromatic heterocycles. The standard InChI is InChI=1S/C27H25N3O5S/c1-15(2)35-27(32)23-22(17-7-11-19(34-4)12-8-17)20(14-28)24(29)30-25(31)21(36-26(23)30)13-16-5-9-18(33-3)10-6-16/h5-13,15,22H,29H2,1-4H3/b21-13-. The Hall–Kier alpha value is -4.29. The molecule has 0 saturated carbocycles. The topological polar surface area (TPSA) is 117 Å². The minimum atomic E-state index is -0.806. The molecule has 2 heterocycles. The van der Waals surface area contributed by atoms with Crippen LogP contribution in [-0.2, 0) is 9.53 Å². The third-order valence-electron chi connectivity index (χ3n) is 5.69. The molecule has 8 nitrogen and oxygen atoms in total. The maximum Gasteiger partial charge on any atom is 0.338 e. The van der Waals surface area contributed by atoms with Crippen LogP contribution in [-0.4, -0.2) is 30.9 Å². The average molecular weight is 504 g/mol. The zero-order chi connectivity index (χ0) is 26.0. The number of carbonyl (C=O) groups excluding carboxylic acids is 1. The van der Waals surface area contributed by atoms with Crippen LogP contribution in [0.15, 0.2) is 58.9 Å². The molecule has 0 aliphatic carbocycles. The fraction of sp³-hybridized carbons (Fsp3) is 0.222. The predicted molar refractivity (Wildman–Crippen MR) is 138 cm³/mol. The normalized spacial score (nSPS) is 15.5. The third-order valence-corrected chi connectivity index (χ3v) is 6.80. The Kier molecular flexibility index (Phi) is 6.99. The van der Waals surface area contributed by atoms with Crippen molar-refractivity contribution in [2.75, 3.05) is 14.2 Å². The van der Waals surface area contributed by atoms with Crippen molar-refractivity contribution in [1.29, 1.82) is 5.26 Å². The second kappa shape index (κ2) is 10.1. The number of rotatable bonds is 6. The minimum absolute atomic E-state index is 0.00922. The van der Waals surface area contributed by atoms with Gasteiger partial charge in [-0.2, -0.15) is 5.26 Å². The van der Waals surface area contributed by atoms with E-state index in [2.05, 4.69) is 6.07 Å².